The lowest BCUT2D eigenvalue weighted by atomic mass is 9.91. The number of fused-ring (bicyclic) bond motifs is 2. The predicted octanol–water partition coefficient (Wildman–Crippen LogP) is 1.46. The summed E-state index contributed by atoms with van der Waals surface area (Å²) in [5.74, 6) is -2.06. The monoisotopic (exact) mass is 1510 g/mol. The third-order valence-corrected chi connectivity index (χ3v) is 27.8. The Labute approximate surface area is 585 Å². The van der Waals surface area contributed by atoms with E-state index < -0.39 is 197 Å². The van der Waals surface area contributed by atoms with E-state index in [0.29, 0.717) is 22.3 Å². The van der Waals surface area contributed by atoms with Crippen LogP contribution in [0.4, 0.5) is 38.4 Å². The largest absolute Gasteiger partial charge is 0.493 e. The van der Waals surface area contributed by atoms with Crippen LogP contribution < -0.4 is 18.9 Å². The van der Waals surface area contributed by atoms with Gasteiger partial charge >= 0.3 is 48.2 Å². The van der Waals surface area contributed by atoms with Crippen LogP contribution in [0.15, 0.2) is 24.3 Å². The van der Waals surface area contributed by atoms with Gasteiger partial charge in [0.2, 0.25) is 0 Å². The molecule has 2 aromatic rings. The third-order valence-electron chi connectivity index (χ3n) is 24.6. The minimum Gasteiger partial charge on any atom is -0.493 e. The van der Waals surface area contributed by atoms with Crippen LogP contribution in [0.2, 0.25) is 0 Å². The van der Waals surface area contributed by atoms with E-state index in [1.807, 2.05) is 0 Å². The highest BCUT2D eigenvalue weighted by Gasteiger charge is 2.86. The summed E-state index contributed by atoms with van der Waals surface area (Å²) in [7, 11) is -17.6. The number of nitrogens with zero attached hydrogens (tertiary/aromatic N) is 16. The fraction of sp³-hybridized carbons (Fsp3) is 0.655. The first-order chi connectivity index (χ1) is 47.4. The van der Waals surface area contributed by atoms with E-state index in [2.05, 4.69) is 0 Å². The van der Waals surface area contributed by atoms with Crippen LogP contribution in [0, 0.1) is 0 Å². The molecule has 0 unspecified atom stereocenters. The molecule has 4 N–H and O–H groups in total. The van der Waals surface area contributed by atoms with Gasteiger partial charge in [-0.1, -0.05) is 0 Å². The third kappa shape index (κ3) is 8.69. The summed E-state index contributed by atoms with van der Waals surface area (Å²) >= 11 is 0. The van der Waals surface area contributed by atoms with Crippen molar-refractivity contribution < 1.29 is 109 Å². The SMILES string of the molecule is CC12N3Cc4c(OCCCS(=O)(=O)O)ccc(OCCCS(=O)(=O)O)c4CN1C(=O)N1CN4C(=O)N5CN6C(=O)N7CN8C(=O)N9Cc%10c(OCCCS(=O)(=O)O)ccc(OCCCS(=O)(=O)O)c%10CN%10C(=O)N(CN%11C(=O)N(CN%12C(=O)N(CN(C3=O)C12C)C4(C)C%125C)C6(C)C%117C)C8(C)C%109C. The lowest BCUT2D eigenvalue weighted by molar-refractivity contribution is -0.151. The molecule has 16 amide bonds. The van der Waals surface area contributed by atoms with Crippen molar-refractivity contribution >= 4 is 88.7 Å². The first-order valence-corrected chi connectivity index (χ1v) is 39.2. The van der Waals surface area contributed by atoms with Crippen molar-refractivity contribution in [2.75, 3.05) is 89.5 Å². The molecule has 11 saturated heterocycles. The molecule has 11 fully saturated rings. The molecule has 0 saturated carbocycles. The van der Waals surface area contributed by atoms with Gasteiger partial charge in [0, 0.05) is 22.3 Å². The molecule has 0 bridgehead atoms. The van der Waals surface area contributed by atoms with Crippen molar-refractivity contribution in [3.05, 3.63) is 46.5 Å². The highest BCUT2D eigenvalue weighted by Crippen LogP contribution is 2.64. The summed E-state index contributed by atoms with van der Waals surface area (Å²) in [6.07, 6.45) is -0.642. The van der Waals surface area contributed by atoms with Gasteiger partial charge < -0.3 is 18.9 Å². The van der Waals surface area contributed by atoms with E-state index in [9.17, 15) is 51.9 Å². The van der Waals surface area contributed by atoms with Crippen molar-refractivity contribution in [3.8, 4) is 23.0 Å². The first-order valence-electron chi connectivity index (χ1n) is 32.8. The molecule has 2 aromatic carbocycles. The molecule has 13 heterocycles. The van der Waals surface area contributed by atoms with E-state index in [4.69, 9.17) is 18.9 Å². The minimum absolute atomic E-state index is 0.134. The molecule has 0 spiro atoms. The molecule has 556 valence electrons. The van der Waals surface area contributed by atoms with E-state index in [-0.39, 0.29) is 101 Å². The van der Waals surface area contributed by atoms with Gasteiger partial charge in [0.25, 0.3) is 40.5 Å². The summed E-state index contributed by atoms with van der Waals surface area (Å²) in [6.45, 7) is 6.92. The Hall–Kier alpha value is -8.56. The van der Waals surface area contributed by atoms with Crippen LogP contribution in [0.25, 0.3) is 0 Å². The Morgan fingerprint density at radius 3 is 0.559 bits per heavy atom. The summed E-state index contributed by atoms with van der Waals surface area (Å²) in [5.41, 5.74) is -13.3. The van der Waals surface area contributed by atoms with E-state index in [1.54, 1.807) is 55.4 Å². The van der Waals surface area contributed by atoms with Gasteiger partial charge in [-0.2, -0.15) is 33.7 Å². The maximum Gasteiger partial charge on any atom is 0.326 e. The number of ether oxygens (including phenoxy) is 4. The summed E-state index contributed by atoms with van der Waals surface area (Å²) < 4.78 is 156. The number of hydrogen-bond donors (Lipinski definition) is 4. The number of hydrogen-bond acceptors (Lipinski definition) is 20. The molecule has 15 rings (SSSR count). The van der Waals surface area contributed by atoms with Crippen molar-refractivity contribution in [1.29, 1.82) is 0 Å². The number of carbonyl (C=O) groups excluding carboxylic acids is 8. The van der Waals surface area contributed by atoms with Gasteiger partial charge in [-0.25, -0.2) is 38.4 Å². The van der Waals surface area contributed by atoms with Crippen LogP contribution >= 0.6 is 0 Å². The Kier molecular flexibility index (Phi) is 14.6. The molecular formula is C58H76N16O24S4. The zero-order chi connectivity index (χ0) is 73.7. The maximum atomic E-state index is 16.2. The molecule has 0 atom stereocenters. The second-order valence-electron chi connectivity index (χ2n) is 28.7. The Morgan fingerprint density at radius 1 is 0.275 bits per heavy atom. The van der Waals surface area contributed by atoms with Crippen LogP contribution in [-0.4, -0.2) is 313 Å². The molecular weight excluding hydrogens is 1430 g/mol. The van der Waals surface area contributed by atoms with Crippen molar-refractivity contribution in [1.82, 2.24) is 78.4 Å². The standard InChI is InChI=1S/C58H76N16O24S4/c1-51-53(3)63-29-67-47(79)71-33-73-49(81)69-31-65-45(77)61-27-37-38(42(98-20-12-24-102(92,93)94)16-15-41(37)97-19-11-23-101(89,90)91)28-62-46(78)66(54(65,4)52(61,62)2)32-70-50(82)74(58(73,8)56(69,70)6)34-72-48(80)68(55(67,5)57(71,72)7)30-64(53)44(76)60(51)26-36-35(25-59(51)43(63)75)39(95-17-9-21-99(83,84)85)13-14-40(36)96-18-10-22-100(86,87)88/h13-16H,9-12,17-34H2,1-8H3,(H,83,84,85)(H,86,87,88)(H,89,90,91)(H,92,93,94). The number of benzene rings is 2. The summed E-state index contributed by atoms with van der Waals surface area (Å²) in [4.78, 5) is 150. The normalized spacial score (nSPS) is 31.9. The number of amides is 16. The van der Waals surface area contributed by atoms with Crippen molar-refractivity contribution in [2.24, 2.45) is 0 Å². The van der Waals surface area contributed by atoms with Crippen LogP contribution in [0.3, 0.4) is 0 Å². The Bertz CT molecular complexity index is 4090. The lowest BCUT2D eigenvalue weighted by Gasteiger charge is -2.54. The molecule has 13 aliphatic heterocycles. The Balaban J connectivity index is 0.784. The zero-order valence-electron chi connectivity index (χ0n) is 56.6. The molecule has 40 nitrogen and oxygen atoms in total. The number of carbonyl (C=O) groups is 8. The molecule has 0 aromatic heterocycles. The Morgan fingerprint density at radius 2 is 0.412 bits per heavy atom. The molecule has 0 aliphatic carbocycles. The smallest absolute Gasteiger partial charge is 0.326 e. The van der Waals surface area contributed by atoms with Crippen LogP contribution in [0.5, 0.6) is 23.0 Å². The minimum atomic E-state index is -4.40. The number of urea groups is 8. The second-order valence-corrected chi connectivity index (χ2v) is 35.0. The van der Waals surface area contributed by atoms with Crippen molar-refractivity contribution in [3.63, 3.8) is 0 Å². The average molecular weight is 1510 g/mol. The highest BCUT2D eigenvalue weighted by atomic mass is 32.2. The molecule has 0 radical (unpaired) electrons. The van der Waals surface area contributed by atoms with Gasteiger partial charge in [0.05, 0.1) is 75.6 Å². The van der Waals surface area contributed by atoms with E-state index >= 15 is 38.4 Å². The van der Waals surface area contributed by atoms with Crippen LogP contribution in [-0.2, 0) is 66.7 Å². The zero-order valence-corrected chi connectivity index (χ0v) is 59.9. The van der Waals surface area contributed by atoms with Gasteiger partial charge in [-0.05, 0) is 105 Å². The highest BCUT2D eigenvalue weighted by molar-refractivity contribution is 7.86. The van der Waals surface area contributed by atoms with Gasteiger partial charge in [0.15, 0.2) is 45.3 Å². The van der Waals surface area contributed by atoms with Gasteiger partial charge in [-0.3, -0.25) is 96.6 Å². The molecule has 13 aliphatic rings. The maximum absolute atomic E-state index is 16.2. The lowest BCUT2D eigenvalue weighted by Crippen LogP contribution is -2.75. The quantitative estimate of drug-likeness (QED) is 0.108. The average Bonchev–Trinajstić information content (AvgIpc) is 1.47. The molecule has 44 heteroatoms. The predicted molar refractivity (Wildman–Crippen MR) is 343 cm³/mol. The first kappa shape index (κ1) is 69.2. The summed E-state index contributed by atoms with van der Waals surface area (Å²) in [6, 6.07) is -0.0553. The van der Waals surface area contributed by atoms with E-state index in [1.165, 1.54) is 103 Å². The van der Waals surface area contributed by atoms with Crippen LogP contribution in [0.1, 0.15) is 103 Å². The van der Waals surface area contributed by atoms with E-state index in [0.717, 1.165) is 0 Å². The second kappa shape index (κ2) is 21.5. The molecule has 102 heavy (non-hydrogen) atoms. The fourth-order valence-electron chi connectivity index (χ4n) is 18.4. The number of rotatable bonds is 20. The summed E-state index contributed by atoms with van der Waals surface area (Å²) in [5, 5.41) is 0. The van der Waals surface area contributed by atoms with Crippen molar-refractivity contribution in [2.45, 2.75) is 153 Å². The topological polar surface area (TPSA) is 443 Å². The van der Waals surface area contributed by atoms with Gasteiger partial charge in [-0.15, -0.1) is 0 Å². The van der Waals surface area contributed by atoms with Gasteiger partial charge in [0.1, 0.15) is 63.0 Å². The fourth-order valence-corrected chi connectivity index (χ4v) is 20.3.